The van der Waals surface area contributed by atoms with Crippen molar-refractivity contribution in [1.82, 2.24) is 9.38 Å². The number of pyridine rings is 1. The number of hydrogen-bond donors (Lipinski definition) is 1. The zero-order chi connectivity index (χ0) is 18.8. The first kappa shape index (κ1) is 17.6. The van der Waals surface area contributed by atoms with E-state index >= 15 is 0 Å². The summed E-state index contributed by atoms with van der Waals surface area (Å²) in [5.41, 5.74) is 9.76. The van der Waals surface area contributed by atoms with E-state index in [9.17, 15) is 14.9 Å². The van der Waals surface area contributed by atoms with Crippen molar-refractivity contribution in [3.63, 3.8) is 0 Å². The Kier molecular flexibility index (Phi) is 4.68. The van der Waals surface area contributed by atoms with Crippen molar-refractivity contribution in [2.45, 2.75) is 19.4 Å². The monoisotopic (exact) mass is 354 g/mol. The van der Waals surface area contributed by atoms with Crippen molar-refractivity contribution in [3.05, 3.63) is 64.0 Å². The third kappa shape index (κ3) is 3.14. The molecule has 134 valence electrons. The van der Waals surface area contributed by atoms with Gasteiger partial charge in [-0.25, -0.2) is 4.98 Å². The highest BCUT2D eigenvalue weighted by Crippen LogP contribution is 2.28. The van der Waals surface area contributed by atoms with Crippen molar-refractivity contribution in [3.8, 4) is 11.3 Å². The molecule has 0 aliphatic heterocycles. The molecule has 0 aliphatic carbocycles. The number of ether oxygens (including phenoxy) is 1. The van der Waals surface area contributed by atoms with Gasteiger partial charge in [0.25, 0.3) is 5.69 Å². The molecular formula is C18H18N4O4. The Morgan fingerprint density at radius 1 is 1.35 bits per heavy atom. The number of nitro benzene ring substituents is 1. The van der Waals surface area contributed by atoms with Gasteiger partial charge in [0.15, 0.2) is 0 Å². The SMILES string of the molecule is COC(=O)C(N)Cc1c(-c2ccc([N+](=O)[O-])cc2)nc2c(C)cccn12. The molecule has 0 radical (unpaired) electrons. The fourth-order valence-corrected chi connectivity index (χ4v) is 2.86. The molecule has 0 aliphatic rings. The first-order valence-electron chi connectivity index (χ1n) is 7.97. The van der Waals surface area contributed by atoms with E-state index in [4.69, 9.17) is 10.5 Å². The van der Waals surface area contributed by atoms with Gasteiger partial charge in [0.2, 0.25) is 0 Å². The lowest BCUT2D eigenvalue weighted by atomic mass is 10.1. The van der Waals surface area contributed by atoms with Gasteiger partial charge in [0.05, 0.1) is 23.4 Å². The minimum atomic E-state index is -0.836. The van der Waals surface area contributed by atoms with Crippen LogP contribution >= 0.6 is 0 Å². The summed E-state index contributed by atoms with van der Waals surface area (Å²) >= 11 is 0. The summed E-state index contributed by atoms with van der Waals surface area (Å²) < 4.78 is 6.60. The van der Waals surface area contributed by atoms with E-state index in [0.29, 0.717) is 11.3 Å². The number of non-ortho nitro benzene ring substituents is 1. The molecule has 8 heteroatoms. The van der Waals surface area contributed by atoms with Crippen LogP contribution in [0.5, 0.6) is 0 Å². The van der Waals surface area contributed by atoms with Crippen molar-refractivity contribution >= 4 is 17.3 Å². The second kappa shape index (κ2) is 6.93. The van der Waals surface area contributed by atoms with Gasteiger partial charge in [-0.05, 0) is 30.7 Å². The van der Waals surface area contributed by atoms with E-state index in [2.05, 4.69) is 4.98 Å². The van der Waals surface area contributed by atoms with Crippen LogP contribution in [0.25, 0.3) is 16.9 Å². The third-order valence-electron chi connectivity index (χ3n) is 4.21. The highest BCUT2D eigenvalue weighted by atomic mass is 16.6. The maximum absolute atomic E-state index is 11.8. The van der Waals surface area contributed by atoms with E-state index in [0.717, 1.165) is 16.9 Å². The van der Waals surface area contributed by atoms with E-state index in [1.54, 1.807) is 12.1 Å². The molecule has 3 rings (SSSR count). The number of rotatable bonds is 5. The van der Waals surface area contributed by atoms with Crippen LogP contribution in [0.15, 0.2) is 42.6 Å². The summed E-state index contributed by atoms with van der Waals surface area (Å²) in [5, 5.41) is 10.9. The van der Waals surface area contributed by atoms with Gasteiger partial charge in [-0.3, -0.25) is 14.9 Å². The van der Waals surface area contributed by atoms with E-state index in [1.807, 2.05) is 29.7 Å². The molecular weight excluding hydrogens is 336 g/mol. The Hall–Kier alpha value is -3.26. The van der Waals surface area contributed by atoms with E-state index in [1.165, 1.54) is 19.2 Å². The van der Waals surface area contributed by atoms with Crippen molar-refractivity contribution < 1.29 is 14.5 Å². The number of carbonyl (C=O) groups excluding carboxylic acids is 1. The molecule has 0 bridgehead atoms. The number of nitrogens with two attached hydrogens (primary N) is 1. The minimum Gasteiger partial charge on any atom is -0.468 e. The number of imidazole rings is 1. The molecule has 1 atom stereocenters. The largest absolute Gasteiger partial charge is 0.468 e. The molecule has 26 heavy (non-hydrogen) atoms. The van der Waals surface area contributed by atoms with Gasteiger partial charge in [0.1, 0.15) is 11.7 Å². The van der Waals surface area contributed by atoms with Gasteiger partial charge in [-0.1, -0.05) is 6.07 Å². The lowest BCUT2D eigenvalue weighted by Crippen LogP contribution is -2.34. The Morgan fingerprint density at radius 3 is 2.65 bits per heavy atom. The maximum Gasteiger partial charge on any atom is 0.323 e. The summed E-state index contributed by atoms with van der Waals surface area (Å²) in [6, 6.07) is 9.12. The molecule has 1 aromatic carbocycles. The quantitative estimate of drug-likeness (QED) is 0.427. The van der Waals surface area contributed by atoms with Gasteiger partial charge in [-0.15, -0.1) is 0 Å². The Balaban J connectivity index is 2.14. The highest BCUT2D eigenvalue weighted by Gasteiger charge is 2.22. The predicted molar refractivity (Wildman–Crippen MR) is 95.7 cm³/mol. The van der Waals surface area contributed by atoms with Crippen LogP contribution in [0.3, 0.4) is 0 Å². The van der Waals surface area contributed by atoms with Crippen LogP contribution in [0.4, 0.5) is 5.69 Å². The second-order valence-corrected chi connectivity index (χ2v) is 5.93. The topological polar surface area (TPSA) is 113 Å². The fourth-order valence-electron chi connectivity index (χ4n) is 2.86. The van der Waals surface area contributed by atoms with Gasteiger partial charge < -0.3 is 14.9 Å². The number of aromatic nitrogens is 2. The normalized spacial score (nSPS) is 12.1. The number of esters is 1. The molecule has 2 heterocycles. The summed E-state index contributed by atoms with van der Waals surface area (Å²) in [6.07, 6.45) is 2.08. The molecule has 2 aromatic heterocycles. The minimum absolute atomic E-state index is 0.00140. The summed E-state index contributed by atoms with van der Waals surface area (Å²) in [7, 11) is 1.29. The number of benzene rings is 1. The molecule has 0 fully saturated rings. The molecule has 0 amide bonds. The van der Waals surface area contributed by atoms with E-state index < -0.39 is 16.9 Å². The van der Waals surface area contributed by atoms with Crippen LogP contribution in [-0.2, 0) is 16.0 Å². The Morgan fingerprint density at radius 2 is 2.04 bits per heavy atom. The smallest absolute Gasteiger partial charge is 0.323 e. The average molecular weight is 354 g/mol. The molecule has 8 nitrogen and oxygen atoms in total. The van der Waals surface area contributed by atoms with Crippen LogP contribution in [0.1, 0.15) is 11.3 Å². The van der Waals surface area contributed by atoms with Crippen LogP contribution < -0.4 is 5.73 Å². The lowest BCUT2D eigenvalue weighted by molar-refractivity contribution is -0.384. The van der Waals surface area contributed by atoms with Crippen molar-refractivity contribution in [2.24, 2.45) is 5.73 Å². The summed E-state index contributed by atoms with van der Waals surface area (Å²) in [6.45, 7) is 1.94. The molecule has 1 unspecified atom stereocenters. The Bertz CT molecular complexity index is 979. The van der Waals surface area contributed by atoms with Gasteiger partial charge >= 0.3 is 5.97 Å². The maximum atomic E-state index is 11.8. The van der Waals surface area contributed by atoms with E-state index in [-0.39, 0.29) is 12.1 Å². The number of fused-ring (bicyclic) bond motifs is 1. The lowest BCUT2D eigenvalue weighted by Gasteiger charge is -2.11. The predicted octanol–water partition coefficient (Wildman–Crippen LogP) is 2.26. The fraction of sp³-hybridized carbons (Fsp3) is 0.222. The number of hydrogen-bond acceptors (Lipinski definition) is 6. The first-order chi connectivity index (χ1) is 12.4. The van der Waals surface area contributed by atoms with Crippen LogP contribution in [-0.4, -0.2) is 33.4 Å². The number of methoxy groups -OCH3 is 1. The van der Waals surface area contributed by atoms with Crippen LogP contribution in [0.2, 0.25) is 0 Å². The number of aryl methyl sites for hydroxylation is 1. The number of nitrogens with zero attached hydrogens (tertiary/aromatic N) is 3. The molecule has 3 aromatic rings. The number of carbonyl (C=O) groups is 1. The highest BCUT2D eigenvalue weighted by molar-refractivity contribution is 5.77. The first-order valence-corrected chi connectivity index (χ1v) is 7.97. The summed E-state index contributed by atoms with van der Waals surface area (Å²) in [5.74, 6) is -0.512. The molecule has 0 saturated carbocycles. The van der Waals surface area contributed by atoms with Crippen molar-refractivity contribution in [2.75, 3.05) is 7.11 Å². The molecule has 0 saturated heterocycles. The average Bonchev–Trinajstić information content (AvgIpc) is 3.01. The number of nitro groups is 1. The third-order valence-corrected chi connectivity index (χ3v) is 4.21. The Labute approximate surface area is 149 Å². The zero-order valence-electron chi connectivity index (χ0n) is 14.4. The zero-order valence-corrected chi connectivity index (χ0v) is 14.4. The van der Waals surface area contributed by atoms with Crippen molar-refractivity contribution in [1.29, 1.82) is 0 Å². The van der Waals surface area contributed by atoms with Gasteiger partial charge in [-0.2, -0.15) is 0 Å². The second-order valence-electron chi connectivity index (χ2n) is 5.93. The summed E-state index contributed by atoms with van der Waals surface area (Å²) in [4.78, 5) is 26.9. The molecule has 0 spiro atoms. The van der Waals surface area contributed by atoms with Gasteiger partial charge in [0, 0.05) is 30.3 Å². The molecule has 2 N–H and O–H groups in total. The van der Waals surface area contributed by atoms with Crippen LogP contribution in [0, 0.1) is 17.0 Å². The standard InChI is InChI=1S/C18H18N4O4/c1-11-4-3-9-21-15(10-14(19)18(23)26-2)16(20-17(11)21)12-5-7-13(8-6-12)22(24)25/h3-9,14H,10,19H2,1-2H3.